The van der Waals surface area contributed by atoms with Crippen molar-refractivity contribution in [2.24, 2.45) is 13.0 Å². The fourth-order valence-electron chi connectivity index (χ4n) is 2.01. The van der Waals surface area contributed by atoms with Gasteiger partial charge in [-0.3, -0.25) is 4.68 Å². The highest BCUT2D eigenvalue weighted by atomic mass is 35.5. The Kier molecular flexibility index (Phi) is 3.65. The number of ether oxygens (including phenoxy) is 1. The maximum Gasteiger partial charge on any atom is 0.0508 e. The van der Waals surface area contributed by atoms with E-state index >= 15 is 0 Å². The number of rotatable bonds is 3. The maximum atomic E-state index is 6.26. The van der Waals surface area contributed by atoms with Gasteiger partial charge in [-0.15, -0.1) is 11.6 Å². The summed E-state index contributed by atoms with van der Waals surface area (Å²) in [6.07, 6.45) is 4.95. The second kappa shape index (κ2) is 4.99. The van der Waals surface area contributed by atoms with Crippen LogP contribution in [-0.4, -0.2) is 28.4 Å². The van der Waals surface area contributed by atoms with Crippen molar-refractivity contribution in [3.05, 3.63) is 18.0 Å². The molecule has 0 radical (unpaired) electrons. The summed E-state index contributed by atoms with van der Waals surface area (Å²) in [5.74, 6) is 0.496. The van der Waals surface area contributed by atoms with E-state index in [0.29, 0.717) is 5.92 Å². The van der Waals surface area contributed by atoms with Crippen molar-refractivity contribution in [2.75, 3.05) is 13.2 Å². The topological polar surface area (TPSA) is 27.1 Å². The number of halogens is 1. The average molecular weight is 229 g/mol. The van der Waals surface area contributed by atoms with E-state index in [2.05, 4.69) is 11.2 Å². The molecule has 1 aliphatic heterocycles. The smallest absolute Gasteiger partial charge is 0.0508 e. The van der Waals surface area contributed by atoms with Crippen LogP contribution in [0.25, 0.3) is 0 Å². The number of alkyl halides is 1. The maximum absolute atomic E-state index is 6.26. The predicted octanol–water partition coefficient (Wildman–Crippen LogP) is 2.00. The molecular weight excluding hydrogens is 212 g/mol. The molecule has 1 aromatic rings. The van der Waals surface area contributed by atoms with Crippen LogP contribution >= 0.6 is 11.6 Å². The molecule has 4 heteroatoms. The Morgan fingerprint density at radius 3 is 3.20 bits per heavy atom. The van der Waals surface area contributed by atoms with E-state index in [0.717, 1.165) is 32.5 Å². The molecule has 0 amide bonds. The van der Waals surface area contributed by atoms with Gasteiger partial charge in [0, 0.05) is 30.9 Å². The molecular formula is C11H17ClN2O. The third-order valence-corrected chi connectivity index (χ3v) is 3.65. The van der Waals surface area contributed by atoms with Gasteiger partial charge in [-0.25, -0.2) is 0 Å². The highest BCUT2D eigenvalue weighted by molar-refractivity contribution is 6.20. The monoisotopic (exact) mass is 228 g/mol. The molecule has 1 aliphatic rings. The van der Waals surface area contributed by atoms with E-state index in [4.69, 9.17) is 16.3 Å². The van der Waals surface area contributed by atoms with Gasteiger partial charge >= 0.3 is 0 Å². The van der Waals surface area contributed by atoms with Gasteiger partial charge in [-0.1, -0.05) is 0 Å². The summed E-state index contributed by atoms with van der Waals surface area (Å²) in [7, 11) is 1.98. The highest BCUT2D eigenvalue weighted by Crippen LogP contribution is 2.24. The lowest BCUT2D eigenvalue weighted by Gasteiger charge is -2.27. The summed E-state index contributed by atoms with van der Waals surface area (Å²) >= 11 is 6.26. The molecule has 15 heavy (non-hydrogen) atoms. The van der Waals surface area contributed by atoms with Crippen LogP contribution in [-0.2, 0) is 18.2 Å². The zero-order valence-electron chi connectivity index (χ0n) is 9.03. The minimum Gasteiger partial charge on any atom is -0.381 e. The Bertz CT molecular complexity index is 313. The third kappa shape index (κ3) is 2.73. The molecule has 84 valence electrons. The second-order valence-electron chi connectivity index (χ2n) is 4.12. The molecule has 0 aromatic carbocycles. The summed E-state index contributed by atoms with van der Waals surface area (Å²) in [4.78, 5) is 0. The first kappa shape index (κ1) is 11.0. The van der Waals surface area contributed by atoms with Crippen molar-refractivity contribution in [1.29, 1.82) is 0 Å². The summed E-state index contributed by atoms with van der Waals surface area (Å²) in [5, 5.41) is 4.44. The number of aromatic nitrogens is 2. The molecule has 1 aromatic heterocycles. The molecule has 0 bridgehead atoms. The van der Waals surface area contributed by atoms with Crippen LogP contribution in [0.2, 0.25) is 0 Å². The Balaban J connectivity index is 1.84. The average Bonchev–Trinajstić information content (AvgIpc) is 2.63. The van der Waals surface area contributed by atoms with Crippen molar-refractivity contribution in [1.82, 2.24) is 9.78 Å². The Morgan fingerprint density at radius 1 is 1.67 bits per heavy atom. The van der Waals surface area contributed by atoms with Gasteiger partial charge in [0.1, 0.15) is 0 Å². The predicted molar refractivity (Wildman–Crippen MR) is 60.1 cm³/mol. The number of hydrogen-bond acceptors (Lipinski definition) is 2. The molecule has 3 nitrogen and oxygen atoms in total. The standard InChI is InChI=1S/C11H17ClN2O/c1-14-10(4-6-13-14)3-2-9-8-15-7-5-11(9)12/h4,6,9,11H,2-3,5,7-8H2,1H3. The van der Waals surface area contributed by atoms with Gasteiger partial charge in [-0.05, 0) is 31.2 Å². The van der Waals surface area contributed by atoms with Crippen LogP contribution in [0.4, 0.5) is 0 Å². The van der Waals surface area contributed by atoms with Gasteiger partial charge in [0.25, 0.3) is 0 Å². The molecule has 0 saturated carbocycles. The Morgan fingerprint density at radius 2 is 2.53 bits per heavy atom. The number of nitrogens with zero attached hydrogens (tertiary/aromatic N) is 2. The molecule has 2 atom stereocenters. The van der Waals surface area contributed by atoms with E-state index in [-0.39, 0.29) is 5.38 Å². The molecule has 0 N–H and O–H groups in total. The first-order valence-electron chi connectivity index (χ1n) is 5.46. The van der Waals surface area contributed by atoms with E-state index < -0.39 is 0 Å². The van der Waals surface area contributed by atoms with E-state index in [1.807, 2.05) is 17.9 Å². The van der Waals surface area contributed by atoms with Crippen LogP contribution in [0.5, 0.6) is 0 Å². The second-order valence-corrected chi connectivity index (χ2v) is 4.69. The summed E-state index contributed by atoms with van der Waals surface area (Å²) in [6, 6.07) is 2.06. The fraction of sp³-hybridized carbons (Fsp3) is 0.727. The van der Waals surface area contributed by atoms with Crippen LogP contribution in [0.3, 0.4) is 0 Å². The van der Waals surface area contributed by atoms with Crippen LogP contribution in [0.15, 0.2) is 12.3 Å². The quantitative estimate of drug-likeness (QED) is 0.740. The van der Waals surface area contributed by atoms with Gasteiger partial charge in [0.15, 0.2) is 0 Å². The van der Waals surface area contributed by atoms with Crippen LogP contribution < -0.4 is 0 Å². The van der Waals surface area contributed by atoms with Crippen molar-refractivity contribution in [2.45, 2.75) is 24.6 Å². The summed E-state index contributed by atoms with van der Waals surface area (Å²) in [5.41, 5.74) is 1.27. The van der Waals surface area contributed by atoms with Gasteiger partial charge in [0.05, 0.1) is 6.61 Å². The molecule has 2 rings (SSSR count). The highest BCUT2D eigenvalue weighted by Gasteiger charge is 2.23. The van der Waals surface area contributed by atoms with Crippen LogP contribution in [0, 0.1) is 5.92 Å². The van der Waals surface area contributed by atoms with E-state index in [1.54, 1.807) is 0 Å². The van der Waals surface area contributed by atoms with Gasteiger partial charge in [-0.2, -0.15) is 5.10 Å². The molecule has 2 unspecified atom stereocenters. The van der Waals surface area contributed by atoms with E-state index in [1.165, 1.54) is 5.69 Å². The van der Waals surface area contributed by atoms with Crippen LogP contribution in [0.1, 0.15) is 18.5 Å². The fourth-order valence-corrected chi connectivity index (χ4v) is 2.30. The molecule has 1 fully saturated rings. The Hall–Kier alpha value is -0.540. The molecule has 0 aliphatic carbocycles. The first-order chi connectivity index (χ1) is 7.27. The van der Waals surface area contributed by atoms with Crippen molar-refractivity contribution in [3.63, 3.8) is 0 Å². The van der Waals surface area contributed by atoms with Crippen molar-refractivity contribution in [3.8, 4) is 0 Å². The Labute approximate surface area is 95.4 Å². The van der Waals surface area contributed by atoms with E-state index in [9.17, 15) is 0 Å². The third-order valence-electron chi connectivity index (χ3n) is 3.08. The molecule has 1 saturated heterocycles. The van der Waals surface area contributed by atoms with Crippen molar-refractivity contribution >= 4 is 11.6 Å². The summed E-state index contributed by atoms with van der Waals surface area (Å²) in [6.45, 7) is 1.63. The first-order valence-corrected chi connectivity index (χ1v) is 5.89. The zero-order valence-corrected chi connectivity index (χ0v) is 9.78. The lowest BCUT2D eigenvalue weighted by Crippen LogP contribution is -2.28. The van der Waals surface area contributed by atoms with Gasteiger partial charge in [0.2, 0.25) is 0 Å². The lowest BCUT2D eigenvalue weighted by molar-refractivity contribution is 0.0545. The molecule has 0 spiro atoms. The molecule has 2 heterocycles. The van der Waals surface area contributed by atoms with Gasteiger partial charge < -0.3 is 4.74 Å². The minimum atomic E-state index is 0.284. The minimum absolute atomic E-state index is 0.284. The summed E-state index contributed by atoms with van der Waals surface area (Å²) < 4.78 is 7.37. The zero-order chi connectivity index (χ0) is 10.7. The largest absolute Gasteiger partial charge is 0.381 e. The lowest BCUT2D eigenvalue weighted by atomic mass is 9.95. The number of aryl methyl sites for hydroxylation is 2. The SMILES string of the molecule is Cn1nccc1CCC1COCCC1Cl. The number of hydrogen-bond donors (Lipinski definition) is 0. The van der Waals surface area contributed by atoms with Crippen molar-refractivity contribution < 1.29 is 4.74 Å². The normalized spacial score (nSPS) is 26.8.